The van der Waals surface area contributed by atoms with Crippen molar-refractivity contribution in [2.45, 2.75) is 20.4 Å². The third-order valence-corrected chi connectivity index (χ3v) is 3.88. The second-order valence-corrected chi connectivity index (χ2v) is 6.32. The standard InChI is InChI=1S/C20H24N2O6/c1-14-6-7-17(15(2)9-14)27-13-20(25)28-12-19(24)22(3)11-18(23)21-10-16-5-4-8-26-16/h4-9H,10-13H2,1-3H3,(H,21,23). The van der Waals surface area contributed by atoms with E-state index in [1.165, 1.54) is 18.2 Å². The molecule has 0 atom stereocenters. The number of carbonyl (C=O) groups is 3. The topological polar surface area (TPSA) is 98.1 Å². The highest BCUT2D eigenvalue weighted by molar-refractivity contribution is 5.86. The number of aryl methyl sites for hydroxylation is 2. The van der Waals surface area contributed by atoms with Crippen LogP contribution in [0.25, 0.3) is 0 Å². The average Bonchev–Trinajstić information content (AvgIpc) is 3.17. The highest BCUT2D eigenvalue weighted by Crippen LogP contribution is 2.18. The van der Waals surface area contributed by atoms with Crippen molar-refractivity contribution in [2.75, 3.05) is 26.8 Å². The van der Waals surface area contributed by atoms with Gasteiger partial charge in [0.1, 0.15) is 11.5 Å². The Hall–Kier alpha value is -3.29. The summed E-state index contributed by atoms with van der Waals surface area (Å²) in [5, 5.41) is 2.63. The molecule has 1 aromatic heterocycles. The van der Waals surface area contributed by atoms with Crippen LogP contribution in [0.4, 0.5) is 0 Å². The molecular weight excluding hydrogens is 364 g/mol. The van der Waals surface area contributed by atoms with Gasteiger partial charge in [-0.1, -0.05) is 17.7 Å². The van der Waals surface area contributed by atoms with Crippen LogP contribution >= 0.6 is 0 Å². The van der Waals surface area contributed by atoms with E-state index < -0.39 is 18.5 Å². The Balaban J connectivity index is 1.67. The molecular formula is C20H24N2O6. The molecule has 1 aromatic carbocycles. The summed E-state index contributed by atoms with van der Waals surface area (Å²) in [5.41, 5.74) is 2.00. The van der Waals surface area contributed by atoms with Gasteiger partial charge < -0.3 is 24.1 Å². The minimum absolute atomic E-state index is 0.157. The van der Waals surface area contributed by atoms with Crippen molar-refractivity contribution in [3.63, 3.8) is 0 Å². The molecule has 8 nitrogen and oxygen atoms in total. The summed E-state index contributed by atoms with van der Waals surface area (Å²) in [6.45, 7) is 3.16. The Morgan fingerprint density at radius 2 is 1.93 bits per heavy atom. The number of hydrogen-bond acceptors (Lipinski definition) is 6. The minimum Gasteiger partial charge on any atom is -0.482 e. The number of nitrogens with zero attached hydrogens (tertiary/aromatic N) is 1. The van der Waals surface area contributed by atoms with Crippen molar-refractivity contribution in [2.24, 2.45) is 0 Å². The highest BCUT2D eigenvalue weighted by atomic mass is 16.6. The molecule has 2 aromatic rings. The first-order chi connectivity index (χ1) is 13.3. The third-order valence-electron chi connectivity index (χ3n) is 3.88. The van der Waals surface area contributed by atoms with E-state index in [9.17, 15) is 14.4 Å². The van der Waals surface area contributed by atoms with Crippen molar-refractivity contribution in [3.05, 3.63) is 53.5 Å². The smallest absolute Gasteiger partial charge is 0.344 e. The van der Waals surface area contributed by atoms with Gasteiger partial charge >= 0.3 is 5.97 Å². The van der Waals surface area contributed by atoms with Gasteiger partial charge in [0, 0.05) is 7.05 Å². The number of carbonyl (C=O) groups excluding carboxylic acids is 3. The number of esters is 1. The Morgan fingerprint density at radius 1 is 1.14 bits per heavy atom. The SMILES string of the molecule is Cc1ccc(OCC(=O)OCC(=O)N(C)CC(=O)NCc2ccco2)c(C)c1. The van der Waals surface area contributed by atoms with Gasteiger partial charge in [-0.3, -0.25) is 9.59 Å². The van der Waals surface area contributed by atoms with Crippen LogP contribution in [0.2, 0.25) is 0 Å². The van der Waals surface area contributed by atoms with E-state index in [-0.39, 0.29) is 25.6 Å². The van der Waals surface area contributed by atoms with Gasteiger partial charge in [-0.05, 0) is 37.6 Å². The lowest BCUT2D eigenvalue weighted by Gasteiger charge is -2.16. The molecule has 0 saturated heterocycles. The van der Waals surface area contributed by atoms with Gasteiger partial charge in [0.15, 0.2) is 13.2 Å². The number of rotatable bonds is 9. The number of hydrogen-bond donors (Lipinski definition) is 1. The van der Waals surface area contributed by atoms with E-state index in [2.05, 4.69) is 5.32 Å². The van der Waals surface area contributed by atoms with Gasteiger partial charge in [-0.2, -0.15) is 0 Å². The molecule has 0 radical (unpaired) electrons. The Morgan fingerprint density at radius 3 is 2.61 bits per heavy atom. The summed E-state index contributed by atoms with van der Waals surface area (Å²) < 4.78 is 15.4. The molecule has 2 rings (SSSR count). The maximum Gasteiger partial charge on any atom is 0.344 e. The van der Waals surface area contributed by atoms with Crippen LogP contribution in [0.15, 0.2) is 41.0 Å². The van der Waals surface area contributed by atoms with E-state index in [4.69, 9.17) is 13.9 Å². The maximum atomic E-state index is 12.0. The van der Waals surface area contributed by atoms with Crippen molar-refractivity contribution >= 4 is 17.8 Å². The molecule has 0 aliphatic rings. The number of nitrogens with one attached hydrogen (secondary N) is 1. The zero-order valence-electron chi connectivity index (χ0n) is 16.2. The minimum atomic E-state index is -0.663. The second kappa shape index (κ2) is 10.1. The molecule has 28 heavy (non-hydrogen) atoms. The Kier molecular flexibility index (Phi) is 7.62. The lowest BCUT2D eigenvalue weighted by molar-refractivity contribution is -0.153. The largest absolute Gasteiger partial charge is 0.482 e. The molecule has 0 aliphatic heterocycles. The molecule has 0 bridgehead atoms. The number of benzene rings is 1. The molecule has 8 heteroatoms. The van der Waals surface area contributed by atoms with Gasteiger partial charge in [0.05, 0.1) is 19.4 Å². The summed E-state index contributed by atoms with van der Waals surface area (Å²) in [7, 11) is 1.45. The fourth-order valence-electron chi connectivity index (χ4n) is 2.35. The summed E-state index contributed by atoms with van der Waals surface area (Å²) >= 11 is 0. The maximum absolute atomic E-state index is 12.0. The second-order valence-electron chi connectivity index (χ2n) is 6.32. The average molecular weight is 388 g/mol. The molecule has 1 heterocycles. The predicted octanol–water partition coefficient (Wildman–Crippen LogP) is 1.59. The van der Waals surface area contributed by atoms with Crippen molar-refractivity contribution in [1.82, 2.24) is 10.2 Å². The normalized spacial score (nSPS) is 10.2. The molecule has 0 aliphatic carbocycles. The highest BCUT2D eigenvalue weighted by Gasteiger charge is 2.15. The summed E-state index contributed by atoms with van der Waals surface area (Å²) in [6, 6.07) is 9.04. The number of furan rings is 1. The van der Waals surface area contributed by atoms with Crippen molar-refractivity contribution < 1.29 is 28.3 Å². The molecule has 0 unspecified atom stereocenters. The summed E-state index contributed by atoms with van der Waals surface area (Å²) in [4.78, 5) is 36.8. The predicted molar refractivity (Wildman–Crippen MR) is 101 cm³/mol. The number of ether oxygens (including phenoxy) is 2. The summed E-state index contributed by atoms with van der Waals surface area (Å²) in [6.07, 6.45) is 1.51. The molecule has 0 fully saturated rings. The molecule has 150 valence electrons. The van der Waals surface area contributed by atoms with Gasteiger partial charge in [-0.15, -0.1) is 0 Å². The molecule has 0 spiro atoms. The van der Waals surface area contributed by atoms with Crippen LogP contribution in [0.3, 0.4) is 0 Å². The van der Waals surface area contributed by atoms with E-state index in [1.807, 2.05) is 26.0 Å². The molecule has 1 N–H and O–H groups in total. The Labute approximate surface area is 163 Å². The number of amides is 2. The van der Waals surface area contributed by atoms with Crippen LogP contribution in [0.1, 0.15) is 16.9 Å². The van der Waals surface area contributed by atoms with Crippen LogP contribution in [0.5, 0.6) is 5.75 Å². The quantitative estimate of drug-likeness (QED) is 0.655. The third kappa shape index (κ3) is 6.79. The first-order valence-electron chi connectivity index (χ1n) is 8.74. The van der Waals surface area contributed by atoms with Crippen LogP contribution in [-0.4, -0.2) is 49.5 Å². The van der Waals surface area contributed by atoms with Gasteiger partial charge in [0.2, 0.25) is 5.91 Å². The van der Waals surface area contributed by atoms with E-state index >= 15 is 0 Å². The lowest BCUT2D eigenvalue weighted by Crippen LogP contribution is -2.40. The molecule has 2 amide bonds. The van der Waals surface area contributed by atoms with Crippen molar-refractivity contribution in [1.29, 1.82) is 0 Å². The van der Waals surface area contributed by atoms with E-state index in [0.29, 0.717) is 11.5 Å². The fourth-order valence-corrected chi connectivity index (χ4v) is 2.35. The van der Waals surface area contributed by atoms with Gasteiger partial charge in [0.25, 0.3) is 5.91 Å². The first kappa shape index (κ1) is 21.0. The van der Waals surface area contributed by atoms with Gasteiger partial charge in [-0.25, -0.2) is 4.79 Å². The summed E-state index contributed by atoms with van der Waals surface area (Å²) in [5.74, 6) is -0.312. The number of likely N-dealkylation sites (N-methyl/N-ethyl adjacent to an activating group) is 1. The van der Waals surface area contributed by atoms with Crippen LogP contribution < -0.4 is 10.1 Å². The van der Waals surface area contributed by atoms with E-state index in [1.54, 1.807) is 18.2 Å². The monoisotopic (exact) mass is 388 g/mol. The van der Waals surface area contributed by atoms with Crippen LogP contribution in [0, 0.1) is 13.8 Å². The van der Waals surface area contributed by atoms with E-state index in [0.717, 1.165) is 11.1 Å². The Bertz CT molecular complexity index is 816. The molecule has 0 saturated carbocycles. The lowest BCUT2D eigenvalue weighted by atomic mass is 10.1. The first-order valence-corrected chi connectivity index (χ1v) is 8.74. The van der Waals surface area contributed by atoms with Crippen molar-refractivity contribution in [3.8, 4) is 5.75 Å². The van der Waals surface area contributed by atoms with Crippen LogP contribution in [-0.2, 0) is 25.7 Å². The zero-order valence-corrected chi connectivity index (χ0v) is 16.2. The zero-order chi connectivity index (χ0) is 20.5. The fraction of sp³-hybridized carbons (Fsp3) is 0.350.